The largest absolute Gasteiger partial charge is 0.364 e. The Bertz CT molecular complexity index is 750. The molecule has 1 aromatic carbocycles. The highest BCUT2D eigenvalue weighted by Crippen LogP contribution is 2.32. The van der Waals surface area contributed by atoms with E-state index in [1.54, 1.807) is 7.11 Å². The van der Waals surface area contributed by atoms with Crippen LogP contribution in [0.5, 0.6) is 0 Å². The number of methoxy groups -OCH3 is 1. The molecule has 0 bridgehead atoms. The maximum Gasteiger partial charge on any atom is 0.122 e. The van der Waals surface area contributed by atoms with Crippen molar-refractivity contribution in [2.45, 2.75) is 20.6 Å². The second-order valence-electron chi connectivity index (χ2n) is 4.98. The van der Waals surface area contributed by atoms with Crippen LogP contribution in [0.15, 0.2) is 42.6 Å². The average Bonchev–Trinajstić information content (AvgIpc) is 2.74. The molecule has 0 radical (unpaired) electrons. The number of hydrogen-bond acceptors (Lipinski definition) is 2. The highest BCUT2D eigenvalue weighted by atomic mass is 35.5. The van der Waals surface area contributed by atoms with Crippen molar-refractivity contribution < 1.29 is 4.74 Å². The van der Waals surface area contributed by atoms with Gasteiger partial charge in [-0.15, -0.1) is 12.4 Å². The minimum atomic E-state index is 0. The van der Waals surface area contributed by atoms with Crippen molar-refractivity contribution in [3.05, 3.63) is 53.9 Å². The molecule has 0 N–H and O–H groups in total. The molecule has 0 aliphatic heterocycles. The highest BCUT2D eigenvalue weighted by Gasteiger charge is 2.15. The van der Waals surface area contributed by atoms with Crippen LogP contribution >= 0.6 is 12.4 Å². The number of hydrogen-bond donors (Lipinski definition) is 0. The molecular weight excluding hydrogens is 284 g/mol. The summed E-state index contributed by atoms with van der Waals surface area (Å²) < 4.78 is 7.55. The maximum atomic E-state index is 5.36. The van der Waals surface area contributed by atoms with Crippen LogP contribution in [0.3, 0.4) is 0 Å². The zero-order valence-corrected chi connectivity index (χ0v) is 13.3. The zero-order chi connectivity index (χ0) is 14.1. The van der Waals surface area contributed by atoms with Gasteiger partial charge in [-0.3, -0.25) is 4.98 Å². The van der Waals surface area contributed by atoms with Gasteiger partial charge >= 0.3 is 0 Å². The van der Waals surface area contributed by atoms with Crippen molar-refractivity contribution in [1.82, 2.24) is 9.55 Å². The summed E-state index contributed by atoms with van der Waals surface area (Å²) in [5, 5.41) is 1.24. The normalized spacial score (nSPS) is 10.6. The Hall–Kier alpha value is -1.84. The number of aryl methyl sites for hydroxylation is 1. The Morgan fingerprint density at radius 3 is 2.48 bits per heavy atom. The quantitative estimate of drug-likeness (QED) is 0.719. The summed E-state index contributed by atoms with van der Waals surface area (Å²) in [5.74, 6) is 0. The molecule has 0 fully saturated rings. The smallest absolute Gasteiger partial charge is 0.122 e. The number of benzene rings is 1. The van der Waals surface area contributed by atoms with Gasteiger partial charge in [-0.25, -0.2) is 0 Å². The minimum Gasteiger partial charge on any atom is -0.364 e. The maximum absolute atomic E-state index is 5.36. The van der Waals surface area contributed by atoms with Crippen LogP contribution in [0.1, 0.15) is 11.3 Å². The Labute approximate surface area is 131 Å². The molecule has 3 nitrogen and oxygen atoms in total. The number of pyridine rings is 1. The van der Waals surface area contributed by atoms with Crippen molar-refractivity contribution >= 4 is 23.3 Å². The van der Waals surface area contributed by atoms with E-state index >= 15 is 0 Å². The number of halogens is 1. The zero-order valence-electron chi connectivity index (χ0n) is 12.5. The lowest BCUT2D eigenvalue weighted by Crippen LogP contribution is -2.03. The van der Waals surface area contributed by atoms with Gasteiger partial charge in [0.15, 0.2) is 0 Å². The molecule has 3 rings (SSSR count). The summed E-state index contributed by atoms with van der Waals surface area (Å²) in [6, 6.07) is 12.4. The van der Waals surface area contributed by atoms with Crippen molar-refractivity contribution in [2.24, 2.45) is 0 Å². The molecule has 0 atom stereocenters. The van der Waals surface area contributed by atoms with E-state index < -0.39 is 0 Å². The lowest BCUT2D eigenvalue weighted by molar-refractivity contribution is 0.133. The average molecular weight is 303 g/mol. The first kappa shape index (κ1) is 15.5. The van der Waals surface area contributed by atoms with Gasteiger partial charge in [0.25, 0.3) is 0 Å². The van der Waals surface area contributed by atoms with E-state index in [-0.39, 0.29) is 12.4 Å². The van der Waals surface area contributed by atoms with Crippen LogP contribution in [0.4, 0.5) is 0 Å². The second-order valence-corrected chi connectivity index (χ2v) is 4.98. The number of fused-ring (bicyclic) bond motifs is 1. The van der Waals surface area contributed by atoms with Gasteiger partial charge in [0.05, 0.1) is 11.2 Å². The summed E-state index contributed by atoms with van der Waals surface area (Å²) in [4.78, 5) is 4.60. The standard InChI is InChI=1S/C17H18N2O.ClH/c1-12-13(2)19(11-20-3)17-15(12)9-10-18-16(17)14-7-5-4-6-8-14;/h4-10H,11H2,1-3H3;1H. The third-order valence-electron chi connectivity index (χ3n) is 3.85. The molecular formula is C17H19ClN2O. The van der Waals surface area contributed by atoms with Crippen molar-refractivity contribution in [2.75, 3.05) is 7.11 Å². The Kier molecular flexibility index (Phi) is 4.66. The molecule has 0 aliphatic carbocycles. The van der Waals surface area contributed by atoms with Crippen molar-refractivity contribution in [3.8, 4) is 11.3 Å². The van der Waals surface area contributed by atoms with Crippen molar-refractivity contribution in [1.29, 1.82) is 0 Å². The number of nitrogens with zero attached hydrogens (tertiary/aromatic N) is 2. The number of ether oxygens (including phenoxy) is 1. The predicted octanol–water partition coefficient (Wildman–Crippen LogP) is 4.35. The fraction of sp³-hybridized carbons (Fsp3) is 0.235. The molecule has 3 aromatic rings. The van der Waals surface area contributed by atoms with Crippen molar-refractivity contribution in [3.63, 3.8) is 0 Å². The summed E-state index contributed by atoms with van der Waals surface area (Å²) in [7, 11) is 1.72. The predicted molar refractivity (Wildman–Crippen MR) is 88.9 cm³/mol. The van der Waals surface area contributed by atoms with E-state index in [9.17, 15) is 0 Å². The van der Waals surface area contributed by atoms with Gasteiger partial charge in [0.2, 0.25) is 0 Å². The van der Waals surface area contributed by atoms with E-state index in [4.69, 9.17) is 4.74 Å². The molecule has 0 saturated carbocycles. The van der Waals surface area contributed by atoms with Gasteiger partial charge in [-0.1, -0.05) is 30.3 Å². The topological polar surface area (TPSA) is 27.1 Å². The molecule has 0 saturated heterocycles. The Morgan fingerprint density at radius 1 is 1.10 bits per heavy atom. The van der Waals surface area contributed by atoms with Gasteiger partial charge < -0.3 is 9.30 Å². The Morgan fingerprint density at radius 2 is 1.81 bits per heavy atom. The van der Waals surface area contributed by atoms with E-state index in [2.05, 4.69) is 41.6 Å². The van der Waals surface area contributed by atoms with Crippen LogP contribution in [0.2, 0.25) is 0 Å². The minimum absolute atomic E-state index is 0. The van der Waals surface area contributed by atoms with Gasteiger partial charge in [-0.05, 0) is 25.5 Å². The monoisotopic (exact) mass is 302 g/mol. The van der Waals surface area contributed by atoms with E-state index in [0.29, 0.717) is 6.73 Å². The van der Waals surface area contributed by atoms with E-state index in [1.165, 1.54) is 16.6 Å². The SMILES string of the molecule is COCn1c(C)c(C)c2ccnc(-c3ccccc3)c21.Cl. The molecule has 0 spiro atoms. The first-order valence-electron chi connectivity index (χ1n) is 6.72. The molecule has 0 unspecified atom stereocenters. The summed E-state index contributed by atoms with van der Waals surface area (Å²) in [5.41, 5.74) is 5.81. The lowest BCUT2D eigenvalue weighted by atomic mass is 10.1. The fourth-order valence-corrected chi connectivity index (χ4v) is 2.69. The van der Waals surface area contributed by atoms with E-state index in [1.807, 2.05) is 24.4 Å². The molecule has 4 heteroatoms. The Balaban J connectivity index is 0.00000161. The first-order chi connectivity index (χ1) is 9.74. The van der Waals surface area contributed by atoms with Gasteiger partial charge in [0.1, 0.15) is 6.73 Å². The highest BCUT2D eigenvalue weighted by molar-refractivity contribution is 5.95. The van der Waals surface area contributed by atoms with Gasteiger partial charge in [-0.2, -0.15) is 0 Å². The van der Waals surface area contributed by atoms with E-state index in [0.717, 1.165) is 16.8 Å². The van der Waals surface area contributed by atoms with Crippen LogP contribution in [0, 0.1) is 13.8 Å². The summed E-state index contributed by atoms with van der Waals surface area (Å²) in [6.07, 6.45) is 1.88. The third kappa shape index (κ3) is 2.55. The summed E-state index contributed by atoms with van der Waals surface area (Å²) in [6.45, 7) is 4.82. The molecule has 21 heavy (non-hydrogen) atoms. The van der Waals surface area contributed by atoms with Crippen LogP contribution in [0.25, 0.3) is 22.2 Å². The number of rotatable bonds is 3. The fourth-order valence-electron chi connectivity index (χ4n) is 2.69. The van der Waals surface area contributed by atoms with Gasteiger partial charge in [0, 0.05) is 30.0 Å². The molecule has 0 amide bonds. The molecule has 0 aliphatic rings. The summed E-state index contributed by atoms with van der Waals surface area (Å²) >= 11 is 0. The van der Waals surface area contributed by atoms with Crippen LogP contribution in [-0.4, -0.2) is 16.7 Å². The third-order valence-corrected chi connectivity index (χ3v) is 3.85. The lowest BCUT2D eigenvalue weighted by Gasteiger charge is -2.10. The molecule has 110 valence electrons. The number of aromatic nitrogens is 2. The molecule has 2 aromatic heterocycles. The van der Waals surface area contributed by atoms with Crippen LogP contribution < -0.4 is 0 Å². The van der Waals surface area contributed by atoms with Crippen LogP contribution in [-0.2, 0) is 11.5 Å². The second kappa shape index (κ2) is 6.29. The molecule has 2 heterocycles. The first-order valence-corrected chi connectivity index (χ1v) is 6.72.